The van der Waals surface area contributed by atoms with Gasteiger partial charge in [0.05, 0.1) is 24.2 Å². The van der Waals surface area contributed by atoms with Gasteiger partial charge in [0.25, 0.3) is 0 Å². The van der Waals surface area contributed by atoms with Crippen LogP contribution in [-0.4, -0.2) is 50.9 Å². The number of fused-ring (bicyclic) bond motifs is 1. The maximum atomic E-state index is 13.3. The minimum atomic E-state index is -3.87. The van der Waals surface area contributed by atoms with Crippen molar-refractivity contribution < 1.29 is 27.5 Å². The smallest absolute Gasteiger partial charge is 0.341 e. The molecule has 2 aromatic rings. The number of sulfonamides is 1. The summed E-state index contributed by atoms with van der Waals surface area (Å²) in [6.45, 7) is 4.42. The van der Waals surface area contributed by atoms with E-state index in [1.54, 1.807) is 19.1 Å². The van der Waals surface area contributed by atoms with Crippen molar-refractivity contribution in [1.82, 2.24) is 4.31 Å². The van der Waals surface area contributed by atoms with Crippen molar-refractivity contribution in [2.24, 2.45) is 5.92 Å². The molecule has 184 valence electrons. The first kappa shape index (κ1) is 24.7. The predicted octanol–water partition coefficient (Wildman–Crippen LogP) is 3.85. The fourth-order valence-electron chi connectivity index (χ4n) is 4.63. The van der Waals surface area contributed by atoms with Gasteiger partial charge < -0.3 is 14.8 Å². The normalized spacial score (nSPS) is 20.6. The molecule has 0 saturated carbocycles. The Morgan fingerprint density at radius 3 is 2.62 bits per heavy atom. The highest BCUT2D eigenvalue weighted by Crippen LogP contribution is 2.40. The van der Waals surface area contributed by atoms with Crippen molar-refractivity contribution in [3.8, 4) is 5.75 Å². The molecule has 1 aromatic carbocycles. The van der Waals surface area contributed by atoms with Crippen LogP contribution in [0.5, 0.6) is 5.75 Å². The highest BCUT2D eigenvalue weighted by atomic mass is 32.2. The molecule has 0 radical (unpaired) electrons. The Hall–Kier alpha value is -2.43. The fraction of sp³-hybridized carbons (Fsp3) is 0.500. The molecule has 2 heterocycles. The zero-order valence-corrected chi connectivity index (χ0v) is 21.3. The lowest BCUT2D eigenvalue weighted by Gasteiger charge is -2.23. The number of thiophene rings is 1. The predicted molar refractivity (Wildman–Crippen MR) is 130 cm³/mol. The molecule has 1 amide bonds. The molecule has 4 rings (SSSR count). The number of anilines is 1. The number of carbonyl (C=O) groups excluding carboxylic acids is 2. The van der Waals surface area contributed by atoms with Gasteiger partial charge in [-0.15, -0.1) is 11.3 Å². The van der Waals surface area contributed by atoms with Crippen LogP contribution in [0.4, 0.5) is 5.00 Å². The summed E-state index contributed by atoms with van der Waals surface area (Å²) >= 11 is 1.40. The molecule has 10 heteroatoms. The molecule has 1 fully saturated rings. The van der Waals surface area contributed by atoms with E-state index in [1.165, 1.54) is 34.9 Å². The van der Waals surface area contributed by atoms with Gasteiger partial charge in [0.1, 0.15) is 16.8 Å². The number of methoxy groups -OCH3 is 1. The average molecular weight is 507 g/mol. The second-order valence-electron chi connectivity index (χ2n) is 8.71. The molecule has 1 aliphatic carbocycles. The van der Waals surface area contributed by atoms with Gasteiger partial charge in [0.2, 0.25) is 15.9 Å². The number of benzene rings is 1. The van der Waals surface area contributed by atoms with Crippen molar-refractivity contribution >= 4 is 38.2 Å². The van der Waals surface area contributed by atoms with Crippen molar-refractivity contribution in [2.45, 2.75) is 56.9 Å². The molecule has 1 N–H and O–H groups in total. The Morgan fingerprint density at radius 1 is 1.21 bits per heavy atom. The summed E-state index contributed by atoms with van der Waals surface area (Å²) in [7, 11) is -2.35. The Labute approximate surface area is 204 Å². The number of nitrogens with zero attached hydrogens (tertiary/aromatic N) is 1. The number of rotatable bonds is 7. The third-order valence-electron chi connectivity index (χ3n) is 6.40. The number of amides is 1. The van der Waals surface area contributed by atoms with Crippen LogP contribution in [0.3, 0.4) is 0 Å². The summed E-state index contributed by atoms with van der Waals surface area (Å²) in [6.07, 6.45) is 3.58. The highest BCUT2D eigenvalue weighted by molar-refractivity contribution is 7.89. The van der Waals surface area contributed by atoms with Crippen molar-refractivity contribution in [3.63, 3.8) is 0 Å². The molecule has 2 aliphatic rings. The molecular weight excluding hydrogens is 476 g/mol. The standard InChI is InChI=1S/C24H30N2O6S2/c1-4-32-24(28)21-18-12-7-15(2)14-20(18)33-23(21)25-22(27)19-6-5-13-26(19)34(29,30)17-10-8-16(31-3)9-11-17/h8-11,15,19H,4-7,12-14H2,1-3H3,(H,25,27). The van der Waals surface area contributed by atoms with Gasteiger partial charge in [-0.3, -0.25) is 4.79 Å². The van der Waals surface area contributed by atoms with E-state index in [0.717, 1.165) is 29.7 Å². The average Bonchev–Trinajstić information content (AvgIpc) is 3.44. The number of ether oxygens (including phenoxy) is 2. The van der Waals surface area contributed by atoms with Crippen molar-refractivity contribution in [1.29, 1.82) is 0 Å². The van der Waals surface area contributed by atoms with Crippen LogP contribution in [0.15, 0.2) is 29.2 Å². The molecule has 0 spiro atoms. The fourth-order valence-corrected chi connectivity index (χ4v) is 7.68. The Kier molecular flexibility index (Phi) is 7.30. The second-order valence-corrected chi connectivity index (χ2v) is 11.7. The second kappa shape index (κ2) is 10.1. The lowest BCUT2D eigenvalue weighted by Crippen LogP contribution is -2.43. The quantitative estimate of drug-likeness (QED) is 0.573. The van der Waals surface area contributed by atoms with Gasteiger partial charge >= 0.3 is 5.97 Å². The molecule has 8 nitrogen and oxygen atoms in total. The summed E-state index contributed by atoms with van der Waals surface area (Å²) < 4.78 is 38.2. The maximum Gasteiger partial charge on any atom is 0.341 e. The first-order valence-corrected chi connectivity index (χ1v) is 13.8. The van der Waals surface area contributed by atoms with Crippen molar-refractivity contribution in [2.75, 3.05) is 25.6 Å². The van der Waals surface area contributed by atoms with Gasteiger partial charge in [0, 0.05) is 11.4 Å². The summed E-state index contributed by atoms with van der Waals surface area (Å²) in [5.41, 5.74) is 1.37. The van der Waals surface area contributed by atoms with E-state index in [9.17, 15) is 18.0 Å². The number of hydrogen-bond donors (Lipinski definition) is 1. The minimum Gasteiger partial charge on any atom is -0.497 e. The van der Waals surface area contributed by atoms with Gasteiger partial charge in [-0.1, -0.05) is 6.92 Å². The molecule has 1 saturated heterocycles. The van der Waals surface area contributed by atoms with E-state index >= 15 is 0 Å². The van der Waals surface area contributed by atoms with Crippen LogP contribution in [0.2, 0.25) is 0 Å². The zero-order chi connectivity index (χ0) is 24.5. The maximum absolute atomic E-state index is 13.3. The third kappa shape index (κ3) is 4.71. The lowest BCUT2D eigenvalue weighted by atomic mass is 9.88. The summed E-state index contributed by atoms with van der Waals surface area (Å²) in [5, 5.41) is 3.34. The first-order chi connectivity index (χ1) is 16.3. The third-order valence-corrected chi connectivity index (χ3v) is 9.49. The van der Waals surface area contributed by atoms with E-state index in [2.05, 4.69) is 12.2 Å². The number of hydrogen-bond acceptors (Lipinski definition) is 7. The molecule has 1 aliphatic heterocycles. The van der Waals surface area contributed by atoms with Crippen molar-refractivity contribution in [3.05, 3.63) is 40.3 Å². The molecule has 2 atom stereocenters. The Bertz CT molecular complexity index is 1170. The zero-order valence-electron chi connectivity index (χ0n) is 19.6. The monoisotopic (exact) mass is 506 g/mol. The first-order valence-electron chi connectivity index (χ1n) is 11.5. The number of nitrogens with one attached hydrogen (secondary N) is 1. The van der Waals surface area contributed by atoms with Crippen LogP contribution in [0, 0.1) is 5.92 Å². The van der Waals surface area contributed by atoms with Gasteiger partial charge in [-0.05, 0) is 74.8 Å². The molecule has 2 unspecified atom stereocenters. The summed E-state index contributed by atoms with van der Waals surface area (Å²) in [4.78, 5) is 27.3. The Morgan fingerprint density at radius 2 is 1.94 bits per heavy atom. The van der Waals surface area contributed by atoms with E-state index in [1.807, 2.05) is 0 Å². The Balaban J connectivity index is 1.60. The van der Waals surface area contributed by atoms with Crippen LogP contribution < -0.4 is 10.1 Å². The van der Waals surface area contributed by atoms with Crippen LogP contribution >= 0.6 is 11.3 Å². The van der Waals surface area contributed by atoms with Gasteiger partial charge in [-0.25, -0.2) is 13.2 Å². The number of carbonyl (C=O) groups is 2. The SMILES string of the molecule is CCOC(=O)c1c(NC(=O)C2CCCN2S(=O)(=O)c2ccc(OC)cc2)sc2c1CCC(C)C2. The summed E-state index contributed by atoms with van der Waals surface area (Å²) in [5.74, 6) is 0.188. The molecule has 34 heavy (non-hydrogen) atoms. The van der Waals surface area contributed by atoms with E-state index in [0.29, 0.717) is 35.1 Å². The van der Waals surface area contributed by atoms with Crippen LogP contribution in [-0.2, 0) is 32.4 Å². The molecule has 0 bridgehead atoms. The van der Waals surface area contributed by atoms with Gasteiger partial charge in [-0.2, -0.15) is 4.31 Å². The molecular formula is C24H30N2O6S2. The van der Waals surface area contributed by atoms with Crippen LogP contribution in [0.1, 0.15) is 53.9 Å². The van der Waals surface area contributed by atoms with E-state index in [-0.39, 0.29) is 18.0 Å². The largest absolute Gasteiger partial charge is 0.497 e. The van der Waals surface area contributed by atoms with E-state index < -0.39 is 27.9 Å². The minimum absolute atomic E-state index is 0.112. The topological polar surface area (TPSA) is 102 Å². The summed E-state index contributed by atoms with van der Waals surface area (Å²) in [6, 6.07) is 5.28. The van der Waals surface area contributed by atoms with Gasteiger partial charge in [0.15, 0.2) is 0 Å². The highest BCUT2D eigenvalue weighted by Gasteiger charge is 2.40. The number of esters is 1. The lowest BCUT2D eigenvalue weighted by molar-refractivity contribution is -0.119. The van der Waals surface area contributed by atoms with Crippen LogP contribution in [0.25, 0.3) is 0 Å². The van der Waals surface area contributed by atoms with E-state index in [4.69, 9.17) is 9.47 Å². The molecule has 1 aromatic heterocycles.